The number of thiazole rings is 1. The molecule has 0 aliphatic heterocycles. The van der Waals surface area contributed by atoms with Crippen molar-refractivity contribution in [1.82, 2.24) is 9.38 Å². The molecule has 30 heavy (non-hydrogen) atoms. The average molecular weight is 443 g/mol. The molecule has 0 atom stereocenters. The molecule has 0 aliphatic carbocycles. The normalized spacial score (nSPS) is 10.9. The van der Waals surface area contributed by atoms with Crippen LogP contribution in [0.15, 0.2) is 48.7 Å². The molecule has 4 rings (SSSR count). The molecule has 1 N–H and O–H groups in total. The summed E-state index contributed by atoms with van der Waals surface area (Å²) in [5, 5.41) is 13.7. The van der Waals surface area contributed by atoms with Crippen molar-refractivity contribution in [2.45, 2.75) is 6.92 Å². The lowest BCUT2D eigenvalue weighted by molar-refractivity contribution is -0.384. The van der Waals surface area contributed by atoms with Crippen molar-refractivity contribution in [1.29, 1.82) is 0 Å². The van der Waals surface area contributed by atoms with E-state index in [0.29, 0.717) is 15.5 Å². The molecule has 0 aliphatic rings. The molecule has 4 aromatic rings. The molecular formula is C20H15ClN4O4S. The highest BCUT2D eigenvalue weighted by Gasteiger charge is 2.20. The van der Waals surface area contributed by atoms with E-state index in [1.54, 1.807) is 7.11 Å². The summed E-state index contributed by atoms with van der Waals surface area (Å²) in [6, 6.07) is 11.7. The van der Waals surface area contributed by atoms with E-state index in [4.69, 9.17) is 16.3 Å². The zero-order valence-corrected chi connectivity index (χ0v) is 17.5. The smallest absolute Gasteiger partial charge is 0.289 e. The van der Waals surface area contributed by atoms with Gasteiger partial charge < -0.3 is 10.1 Å². The van der Waals surface area contributed by atoms with Gasteiger partial charge in [0.1, 0.15) is 15.6 Å². The minimum Gasteiger partial charge on any atom is -0.497 e. The van der Waals surface area contributed by atoms with Gasteiger partial charge in [-0.25, -0.2) is 4.98 Å². The summed E-state index contributed by atoms with van der Waals surface area (Å²) in [5.41, 5.74) is 2.47. The largest absolute Gasteiger partial charge is 0.497 e. The number of fused-ring (bicyclic) bond motifs is 1. The average Bonchev–Trinajstić information content (AvgIpc) is 3.29. The lowest BCUT2D eigenvalue weighted by Crippen LogP contribution is -2.12. The quantitative estimate of drug-likeness (QED) is 0.338. The summed E-state index contributed by atoms with van der Waals surface area (Å²) in [6.45, 7) is 1.82. The number of amides is 1. The number of imidazole rings is 1. The Bertz CT molecular complexity index is 1280. The van der Waals surface area contributed by atoms with Crippen LogP contribution in [-0.2, 0) is 0 Å². The number of halogens is 1. The number of carbonyl (C=O) groups is 1. The molecule has 2 aromatic carbocycles. The third-order valence-electron chi connectivity index (χ3n) is 4.55. The number of nitrogens with zero attached hydrogens (tertiary/aromatic N) is 3. The van der Waals surface area contributed by atoms with E-state index in [0.717, 1.165) is 22.7 Å². The van der Waals surface area contributed by atoms with Crippen LogP contribution < -0.4 is 10.1 Å². The van der Waals surface area contributed by atoms with Crippen LogP contribution in [0.2, 0.25) is 5.02 Å². The fourth-order valence-electron chi connectivity index (χ4n) is 2.98. The second kappa shape index (κ2) is 7.77. The van der Waals surface area contributed by atoms with Crippen LogP contribution in [0.4, 0.5) is 11.4 Å². The molecule has 0 radical (unpaired) electrons. The van der Waals surface area contributed by atoms with Crippen molar-refractivity contribution in [2.75, 3.05) is 12.4 Å². The second-order valence-corrected chi connectivity index (χ2v) is 7.79. The maximum atomic E-state index is 12.7. The minimum atomic E-state index is -0.594. The van der Waals surface area contributed by atoms with E-state index in [1.165, 1.54) is 29.5 Å². The van der Waals surface area contributed by atoms with Crippen LogP contribution >= 0.6 is 22.9 Å². The summed E-state index contributed by atoms with van der Waals surface area (Å²) in [6.07, 6.45) is 1.87. The molecular weight excluding hydrogens is 428 g/mol. The Kier molecular flexibility index (Phi) is 5.15. The van der Waals surface area contributed by atoms with E-state index in [9.17, 15) is 14.9 Å². The highest BCUT2D eigenvalue weighted by Crippen LogP contribution is 2.30. The molecule has 0 unspecified atom stereocenters. The second-order valence-electron chi connectivity index (χ2n) is 6.40. The SMILES string of the molecule is COc1ccc(-c2cn3c(C)c(C(=O)Nc4ccc(Cl)c([N+](=O)[O-])c4)sc3n2)cc1. The van der Waals surface area contributed by atoms with E-state index >= 15 is 0 Å². The molecule has 1 amide bonds. The number of nitro benzene ring substituents is 1. The monoisotopic (exact) mass is 442 g/mol. The molecule has 0 fully saturated rings. The predicted octanol–water partition coefficient (Wildman–Crippen LogP) is 5.19. The Labute approximate surface area is 179 Å². The summed E-state index contributed by atoms with van der Waals surface area (Å²) < 4.78 is 7.02. The number of nitro groups is 1. The fraction of sp³-hybridized carbons (Fsp3) is 0.100. The summed E-state index contributed by atoms with van der Waals surface area (Å²) in [4.78, 5) is 28.9. The number of hydrogen-bond acceptors (Lipinski definition) is 6. The van der Waals surface area contributed by atoms with Crippen molar-refractivity contribution in [3.8, 4) is 17.0 Å². The van der Waals surface area contributed by atoms with Crippen molar-refractivity contribution >= 4 is 45.2 Å². The lowest BCUT2D eigenvalue weighted by Gasteiger charge is -2.05. The molecule has 0 saturated carbocycles. The highest BCUT2D eigenvalue weighted by atomic mass is 35.5. The van der Waals surface area contributed by atoms with Crippen LogP contribution in [0.5, 0.6) is 5.75 Å². The maximum absolute atomic E-state index is 12.7. The molecule has 8 nitrogen and oxygen atoms in total. The van der Waals surface area contributed by atoms with Crippen molar-refractivity contribution in [3.05, 3.63) is 74.4 Å². The Morgan fingerprint density at radius 2 is 2.00 bits per heavy atom. The summed E-state index contributed by atoms with van der Waals surface area (Å²) in [5.74, 6) is 0.392. The Morgan fingerprint density at radius 1 is 1.27 bits per heavy atom. The Morgan fingerprint density at radius 3 is 2.63 bits per heavy atom. The number of anilines is 1. The standard InChI is InChI=1S/C20H15ClN4O4S/c1-11-18(19(26)22-13-5-8-15(21)17(9-13)25(27)28)30-20-23-16(10-24(11)20)12-3-6-14(29-2)7-4-12/h3-10H,1-2H3,(H,22,26). The predicted molar refractivity (Wildman–Crippen MR) is 116 cm³/mol. The number of aryl methyl sites for hydroxylation is 1. The molecule has 0 bridgehead atoms. The number of methoxy groups -OCH3 is 1. The van der Waals surface area contributed by atoms with E-state index in [-0.39, 0.29) is 16.6 Å². The zero-order chi connectivity index (χ0) is 21.4. The number of carbonyl (C=O) groups excluding carboxylic acids is 1. The Balaban J connectivity index is 1.61. The van der Waals surface area contributed by atoms with Gasteiger partial charge in [-0.05, 0) is 43.3 Å². The zero-order valence-electron chi connectivity index (χ0n) is 15.9. The molecule has 2 aromatic heterocycles. The van der Waals surface area contributed by atoms with Gasteiger partial charge in [0, 0.05) is 29.2 Å². The highest BCUT2D eigenvalue weighted by molar-refractivity contribution is 7.19. The first kappa shape index (κ1) is 19.9. The van der Waals surface area contributed by atoms with Crippen LogP contribution in [0, 0.1) is 17.0 Å². The Hall–Kier alpha value is -3.43. The molecule has 2 heterocycles. The first-order valence-corrected chi connectivity index (χ1v) is 9.95. The van der Waals surface area contributed by atoms with Gasteiger partial charge in [0.05, 0.1) is 17.7 Å². The van der Waals surface area contributed by atoms with Crippen LogP contribution in [-0.4, -0.2) is 27.3 Å². The van der Waals surface area contributed by atoms with Crippen molar-refractivity contribution in [3.63, 3.8) is 0 Å². The van der Waals surface area contributed by atoms with Gasteiger partial charge in [-0.2, -0.15) is 0 Å². The third-order valence-corrected chi connectivity index (χ3v) is 6.02. The first-order valence-electron chi connectivity index (χ1n) is 8.75. The van der Waals surface area contributed by atoms with Crippen LogP contribution in [0.1, 0.15) is 15.4 Å². The molecule has 10 heteroatoms. The van der Waals surface area contributed by atoms with Gasteiger partial charge in [0.25, 0.3) is 11.6 Å². The fourth-order valence-corrected chi connectivity index (χ4v) is 4.17. The van der Waals surface area contributed by atoms with E-state index in [1.807, 2.05) is 41.8 Å². The van der Waals surface area contributed by atoms with Gasteiger partial charge >= 0.3 is 0 Å². The van der Waals surface area contributed by atoms with Gasteiger partial charge in [-0.15, -0.1) is 0 Å². The summed E-state index contributed by atoms with van der Waals surface area (Å²) >= 11 is 7.06. The van der Waals surface area contributed by atoms with Crippen LogP contribution in [0.3, 0.4) is 0 Å². The third kappa shape index (κ3) is 3.60. The number of hydrogen-bond donors (Lipinski definition) is 1. The van der Waals surface area contributed by atoms with Crippen molar-refractivity contribution < 1.29 is 14.5 Å². The lowest BCUT2D eigenvalue weighted by atomic mass is 10.2. The van der Waals surface area contributed by atoms with Crippen LogP contribution in [0.25, 0.3) is 16.2 Å². The number of ether oxygens (including phenoxy) is 1. The number of nitrogens with one attached hydrogen (secondary N) is 1. The maximum Gasteiger partial charge on any atom is 0.289 e. The molecule has 152 valence electrons. The number of rotatable bonds is 5. The van der Waals surface area contributed by atoms with E-state index in [2.05, 4.69) is 10.3 Å². The van der Waals surface area contributed by atoms with Crippen molar-refractivity contribution in [2.24, 2.45) is 0 Å². The van der Waals surface area contributed by atoms with Gasteiger partial charge in [-0.1, -0.05) is 22.9 Å². The number of benzene rings is 2. The molecule has 0 saturated heterocycles. The number of aromatic nitrogens is 2. The first-order chi connectivity index (χ1) is 14.4. The van der Waals surface area contributed by atoms with Gasteiger partial charge in [0.15, 0.2) is 4.96 Å². The van der Waals surface area contributed by atoms with Gasteiger partial charge in [0.2, 0.25) is 0 Å². The van der Waals surface area contributed by atoms with E-state index < -0.39 is 4.92 Å². The molecule has 0 spiro atoms. The van der Waals surface area contributed by atoms with Gasteiger partial charge in [-0.3, -0.25) is 19.3 Å². The topological polar surface area (TPSA) is 98.8 Å². The summed E-state index contributed by atoms with van der Waals surface area (Å²) in [7, 11) is 1.61. The minimum absolute atomic E-state index is 0.00911.